The number of benzene rings is 1. The molecule has 1 heterocycles. The molecule has 1 aromatic rings. The number of nitrogens with zero attached hydrogens (tertiary/aromatic N) is 3. The van der Waals surface area contributed by atoms with Gasteiger partial charge in [-0.05, 0) is 69.6 Å². The van der Waals surface area contributed by atoms with Crippen molar-refractivity contribution in [1.82, 2.24) is 4.90 Å². The Bertz CT molecular complexity index is 467. The van der Waals surface area contributed by atoms with Crippen molar-refractivity contribution in [3.8, 4) is 6.07 Å². The number of aryl methyl sites for hydroxylation is 1. The lowest BCUT2D eigenvalue weighted by molar-refractivity contribution is 0.222. The van der Waals surface area contributed by atoms with Crippen molar-refractivity contribution in [2.45, 2.75) is 19.8 Å². The third-order valence-electron chi connectivity index (χ3n) is 4.11. The molecule has 0 radical (unpaired) electrons. The molecule has 0 amide bonds. The van der Waals surface area contributed by atoms with E-state index in [1.54, 1.807) is 0 Å². The van der Waals surface area contributed by atoms with Gasteiger partial charge in [-0.1, -0.05) is 0 Å². The highest BCUT2D eigenvalue weighted by Gasteiger charge is 2.18. The average Bonchev–Trinajstić information content (AvgIpc) is 2.41. The van der Waals surface area contributed by atoms with Crippen LogP contribution in [0.25, 0.3) is 0 Å². The minimum absolute atomic E-state index is 0.744. The highest BCUT2D eigenvalue weighted by Crippen LogP contribution is 2.24. The number of hydrogen-bond donors (Lipinski definition) is 0. The maximum absolute atomic E-state index is 8.91. The first-order valence-electron chi connectivity index (χ1n) is 7.00. The van der Waals surface area contributed by atoms with E-state index >= 15 is 0 Å². The van der Waals surface area contributed by atoms with Crippen LogP contribution in [-0.2, 0) is 0 Å². The van der Waals surface area contributed by atoms with E-state index in [1.165, 1.54) is 37.2 Å². The Balaban J connectivity index is 2.00. The summed E-state index contributed by atoms with van der Waals surface area (Å²) in [5.41, 5.74) is 3.18. The fourth-order valence-corrected chi connectivity index (χ4v) is 2.88. The Morgan fingerprint density at radius 3 is 2.63 bits per heavy atom. The Labute approximate surface area is 116 Å². The molecule has 0 spiro atoms. The van der Waals surface area contributed by atoms with Crippen molar-refractivity contribution in [3.05, 3.63) is 29.3 Å². The first kappa shape index (κ1) is 13.9. The van der Waals surface area contributed by atoms with Crippen LogP contribution in [0, 0.1) is 24.2 Å². The molecule has 0 atom stereocenters. The van der Waals surface area contributed by atoms with Crippen molar-refractivity contribution in [2.24, 2.45) is 5.92 Å². The van der Waals surface area contributed by atoms with Crippen molar-refractivity contribution in [3.63, 3.8) is 0 Å². The number of piperidine rings is 1. The fraction of sp³-hybridized carbons (Fsp3) is 0.562. The average molecular weight is 257 g/mol. The predicted molar refractivity (Wildman–Crippen MR) is 79.4 cm³/mol. The summed E-state index contributed by atoms with van der Waals surface area (Å²) in [6.07, 6.45) is 2.58. The van der Waals surface area contributed by atoms with Gasteiger partial charge in [-0.25, -0.2) is 0 Å². The van der Waals surface area contributed by atoms with Gasteiger partial charge in [0.2, 0.25) is 0 Å². The van der Waals surface area contributed by atoms with E-state index in [2.05, 4.69) is 43.0 Å². The molecule has 0 saturated carbocycles. The zero-order valence-corrected chi connectivity index (χ0v) is 12.2. The van der Waals surface area contributed by atoms with E-state index in [4.69, 9.17) is 5.26 Å². The molecule has 1 aromatic carbocycles. The molecule has 0 unspecified atom stereocenters. The van der Waals surface area contributed by atoms with Gasteiger partial charge in [0.15, 0.2) is 0 Å². The van der Waals surface area contributed by atoms with Gasteiger partial charge in [-0.15, -0.1) is 0 Å². The molecule has 1 saturated heterocycles. The van der Waals surface area contributed by atoms with E-state index in [9.17, 15) is 0 Å². The lowest BCUT2D eigenvalue weighted by atomic mass is 9.96. The molecular weight excluding hydrogens is 234 g/mol. The van der Waals surface area contributed by atoms with E-state index in [0.29, 0.717) is 0 Å². The van der Waals surface area contributed by atoms with Crippen molar-refractivity contribution < 1.29 is 0 Å². The zero-order chi connectivity index (χ0) is 13.8. The summed E-state index contributed by atoms with van der Waals surface area (Å²) >= 11 is 0. The minimum atomic E-state index is 0.744. The van der Waals surface area contributed by atoms with E-state index in [0.717, 1.165) is 18.0 Å². The van der Waals surface area contributed by atoms with Gasteiger partial charge in [-0.3, -0.25) is 0 Å². The summed E-state index contributed by atoms with van der Waals surface area (Å²) in [5, 5.41) is 8.91. The predicted octanol–water partition coefficient (Wildman–Crippen LogP) is 2.64. The molecule has 0 aliphatic carbocycles. The maximum atomic E-state index is 8.91. The highest BCUT2D eigenvalue weighted by molar-refractivity contribution is 5.55. The molecule has 2 rings (SSSR count). The number of anilines is 1. The second-order valence-electron chi connectivity index (χ2n) is 5.74. The van der Waals surface area contributed by atoms with Crippen molar-refractivity contribution in [1.29, 1.82) is 5.26 Å². The highest BCUT2D eigenvalue weighted by atomic mass is 15.1. The largest absolute Gasteiger partial charge is 0.374 e. The second-order valence-corrected chi connectivity index (χ2v) is 5.74. The van der Waals surface area contributed by atoms with Crippen LogP contribution in [-0.4, -0.2) is 38.6 Å². The van der Waals surface area contributed by atoms with Gasteiger partial charge in [0.25, 0.3) is 0 Å². The summed E-state index contributed by atoms with van der Waals surface area (Å²) in [5.74, 6) is 0.788. The third-order valence-corrected chi connectivity index (χ3v) is 4.11. The summed E-state index contributed by atoms with van der Waals surface area (Å²) in [6.45, 7) is 5.62. The molecule has 1 aliphatic rings. The van der Waals surface area contributed by atoms with Gasteiger partial charge < -0.3 is 9.80 Å². The van der Waals surface area contributed by atoms with Crippen molar-refractivity contribution in [2.75, 3.05) is 38.6 Å². The Hall–Kier alpha value is -1.53. The quantitative estimate of drug-likeness (QED) is 0.834. The molecule has 19 heavy (non-hydrogen) atoms. The number of likely N-dealkylation sites (tertiary alicyclic amines) is 1. The smallest absolute Gasteiger partial charge is 0.0991 e. The minimum Gasteiger partial charge on any atom is -0.374 e. The Morgan fingerprint density at radius 2 is 2.05 bits per heavy atom. The van der Waals surface area contributed by atoms with Crippen LogP contribution in [0.1, 0.15) is 24.0 Å². The zero-order valence-electron chi connectivity index (χ0n) is 12.2. The lowest BCUT2D eigenvalue weighted by Gasteiger charge is -2.33. The van der Waals surface area contributed by atoms with E-state index in [-0.39, 0.29) is 0 Å². The molecule has 0 aromatic heterocycles. The van der Waals surface area contributed by atoms with Crippen LogP contribution < -0.4 is 4.90 Å². The van der Waals surface area contributed by atoms with E-state index in [1.807, 2.05) is 12.1 Å². The maximum Gasteiger partial charge on any atom is 0.0991 e. The van der Waals surface area contributed by atoms with E-state index < -0.39 is 0 Å². The van der Waals surface area contributed by atoms with Crippen LogP contribution in [0.4, 0.5) is 5.69 Å². The summed E-state index contributed by atoms with van der Waals surface area (Å²) in [7, 11) is 4.36. The summed E-state index contributed by atoms with van der Waals surface area (Å²) in [4.78, 5) is 4.75. The van der Waals surface area contributed by atoms with Crippen LogP contribution in [0.2, 0.25) is 0 Å². The van der Waals surface area contributed by atoms with Gasteiger partial charge >= 0.3 is 0 Å². The molecule has 1 aliphatic heterocycles. The molecule has 3 nitrogen and oxygen atoms in total. The Morgan fingerprint density at radius 1 is 1.37 bits per heavy atom. The molecule has 102 valence electrons. The molecular formula is C16H23N3. The number of hydrogen-bond acceptors (Lipinski definition) is 3. The van der Waals surface area contributed by atoms with Crippen molar-refractivity contribution >= 4 is 5.69 Å². The number of rotatable bonds is 3. The van der Waals surface area contributed by atoms with Crippen LogP contribution in [0.5, 0.6) is 0 Å². The third kappa shape index (κ3) is 3.48. The van der Waals surface area contributed by atoms with Crippen LogP contribution >= 0.6 is 0 Å². The van der Waals surface area contributed by atoms with Gasteiger partial charge in [0.05, 0.1) is 11.6 Å². The fourth-order valence-electron chi connectivity index (χ4n) is 2.88. The molecule has 0 bridgehead atoms. The molecule has 3 heteroatoms. The standard InChI is InChI=1S/C16H23N3/c1-13-10-15(11-17)4-5-16(13)19(3)12-14-6-8-18(2)9-7-14/h4-5,10,14H,6-9,12H2,1-3H3. The van der Waals surface area contributed by atoms with Crippen LogP contribution in [0.15, 0.2) is 18.2 Å². The normalized spacial score (nSPS) is 17.2. The Kier molecular flexibility index (Phi) is 4.44. The summed E-state index contributed by atoms with van der Waals surface area (Å²) in [6, 6.07) is 8.15. The first-order chi connectivity index (χ1) is 9.10. The monoisotopic (exact) mass is 257 g/mol. The SMILES string of the molecule is Cc1cc(C#N)ccc1N(C)CC1CCN(C)CC1. The number of nitriles is 1. The summed E-state index contributed by atoms with van der Waals surface area (Å²) < 4.78 is 0. The second kappa shape index (κ2) is 6.08. The van der Waals surface area contributed by atoms with Gasteiger partial charge in [0.1, 0.15) is 0 Å². The lowest BCUT2D eigenvalue weighted by Crippen LogP contribution is -2.35. The molecule has 1 fully saturated rings. The topological polar surface area (TPSA) is 30.3 Å². The van der Waals surface area contributed by atoms with Crippen LogP contribution in [0.3, 0.4) is 0 Å². The van der Waals surface area contributed by atoms with Gasteiger partial charge in [-0.2, -0.15) is 5.26 Å². The van der Waals surface area contributed by atoms with Gasteiger partial charge in [0, 0.05) is 19.3 Å². The molecule has 0 N–H and O–H groups in total. The first-order valence-corrected chi connectivity index (χ1v) is 7.00.